The quantitative estimate of drug-likeness (QED) is 0.453. The Labute approximate surface area is 194 Å². The molecule has 1 fully saturated rings. The average molecular weight is 466 g/mol. The summed E-state index contributed by atoms with van der Waals surface area (Å²) in [6.45, 7) is 0. The maximum Gasteiger partial charge on any atom is 0.335 e. The van der Waals surface area contributed by atoms with E-state index in [4.69, 9.17) is 9.84 Å². The molecule has 0 aromatic heterocycles. The van der Waals surface area contributed by atoms with E-state index in [1.165, 1.54) is 63.0 Å². The SMILES string of the molecule is COc1cc(C(=O)O)ccc1NS(=O)(=O)c1ccc(-c2ccc(C3CCCCC3)cc2)cc1. The molecular formula is C26H27NO5S. The fraction of sp³-hybridized carbons (Fsp3) is 0.269. The van der Waals surface area contributed by atoms with Crippen molar-refractivity contribution < 1.29 is 23.1 Å². The molecule has 1 aliphatic rings. The molecule has 2 N–H and O–H groups in total. The fourth-order valence-electron chi connectivity index (χ4n) is 4.32. The zero-order valence-corrected chi connectivity index (χ0v) is 19.3. The van der Waals surface area contributed by atoms with Gasteiger partial charge in [0.05, 0.1) is 23.3 Å². The summed E-state index contributed by atoms with van der Waals surface area (Å²) >= 11 is 0. The van der Waals surface area contributed by atoms with E-state index in [0.717, 1.165) is 11.1 Å². The van der Waals surface area contributed by atoms with Crippen LogP contribution in [0.2, 0.25) is 0 Å². The smallest absolute Gasteiger partial charge is 0.335 e. The molecule has 1 aliphatic carbocycles. The van der Waals surface area contributed by atoms with Crippen LogP contribution in [0.3, 0.4) is 0 Å². The molecule has 33 heavy (non-hydrogen) atoms. The molecule has 3 aromatic rings. The second-order valence-corrected chi connectivity index (χ2v) is 9.99. The summed E-state index contributed by atoms with van der Waals surface area (Å²) in [6, 6.07) is 19.2. The van der Waals surface area contributed by atoms with Gasteiger partial charge in [0, 0.05) is 0 Å². The first kappa shape index (κ1) is 22.9. The van der Waals surface area contributed by atoms with Crippen LogP contribution in [0.1, 0.15) is 53.9 Å². The normalized spacial score (nSPS) is 14.6. The fourth-order valence-corrected chi connectivity index (χ4v) is 5.39. The second-order valence-electron chi connectivity index (χ2n) is 8.31. The van der Waals surface area contributed by atoms with E-state index in [9.17, 15) is 13.2 Å². The first-order chi connectivity index (χ1) is 15.9. The number of ether oxygens (including phenoxy) is 1. The number of carboxylic acids is 1. The lowest BCUT2D eigenvalue weighted by Crippen LogP contribution is -2.14. The number of anilines is 1. The molecule has 0 spiro atoms. The number of carboxylic acid groups (broad SMARTS) is 1. The molecule has 0 amide bonds. The Kier molecular flexibility index (Phi) is 6.70. The lowest BCUT2D eigenvalue weighted by atomic mass is 9.84. The number of hydrogen-bond donors (Lipinski definition) is 2. The van der Waals surface area contributed by atoms with Gasteiger partial charge in [0.15, 0.2) is 0 Å². The minimum atomic E-state index is -3.88. The highest BCUT2D eigenvalue weighted by Crippen LogP contribution is 2.34. The number of rotatable bonds is 7. The molecule has 0 saturated heterocycles. The largest absolute Gasteiger partial charge is 0.495 e. The zero-order valence-electron chi connectivity index (χ0n) is 18.5. The van der Waals surface area contributed by atoms with Gasteiger partial charge in [0.25, 0.3) is 10.0 Å². The average Bonchev–Trinajstić information content (AvgIpc) is 2.84. The zero-order chi connectivity index (χ0) is 23.4. The first-order valence-corrected chi connectivity index (χ1v) is 12.5. The van der Waals surface area contributed by atoms with Crippen LogP contribution in [0.15, 0.2) is 71.6 Å². The topological polar surface area (TPSA) is 92.7 Å². The molecule has 0 bridgehead atoms. The molecule has 0 radical (unpaired) electrons. The van der Waals surface area contributed by atoms with E-state index in [2.05, 4.69) is 29.0 Å². The summed E-state index contributed by atoms with van der Waals surface area (Å²) in [4.78, 5) is 11.2. The predicted octanol–water partition coefficient (Wildman–Crippen LogP) is 5.91. The van der Waals surface area contributed by atoms with Gasteiger partial charge in [0.1, 0.15) is 5.75 Å². The van der Waals surface area contributed by atoms with Crippen molar-refractivity contribution in [2.75, 3.05) is 11.8 Å². The van der Waals surface area contributed by atoms with Gasteiger partial charge >= 0.3 is 5.97 Å². The van der Waals surface area contributed by atoms with Crippen molar-refractivity contribution in [3.63, 3.8) is 0 Å². The number of nitrogens with one attached hydrogen (secondary N) is 1. The van der Waals surface area contributed by atoms with Gasteiger partial charge in [-0.25, -0.2) is 13.2 Å². The molecule has 0 heterocycles. The summed E-state index contributed by atoms with van der Waals surface area (Å²) in [6.07, 6.45) is 6.43. The Morgan fingerprint density at radius 3 is 2.09 bits per heavy atom. The van der Waals surface area contributed by atoms with Crippen molar-refractivity contribution in [2.24, 2.45) is 0 Å². The van der Waals surface area contributed by atoms with E-state index in [1.807, 2.05) is 0 Å². The standard InChI is InChI=1S/C26H27NO5S/c1-32-25-17-22(26(28)29)13-16-24(25)27-33(30,31)23-14-11-21(12-15-23)20-9-7-19(8-10-20)18-5-3-2-4-6-18/h7-18,27H,2-6H2,1H3,(H,28,29). The number of sulfonamides is 1. The maximum absolute atomic E-state index is 12.9. The number of hydrogen-bond acceptors (Lipinski definition) is 4. The molecule has 0 aliphatic heterocycles. The van der Waals surface area contributed by atoms with Crippen LogP contribution in [-0.2, 0) is 10.0 Å². The van der Waals surface area contributed by atoms with Crippen molar-refractivity contribution in [3.05, 3.63) is 77.9 Å². The number of benzene rings is 3. The molecule has 172 valence electrons. The maximum atomic E-state index is 12.9. The molecule has 6 nitrogen and oxygen atoms in total. The lowest BCUT2D eigenvalue weighted by molar-refractivity contribution is 0.0696. The van der Waals surface area contributed by atoms with Gasteiger partial charge < -0.3 is 9.84 Å². The van der Waals surface area contributed by atoms with E-state index >= 15 is 0 Å². The van der Waals surface area contributed by atoms with Gasteiger partial charge in [-0.3, -0.25) is 4.72 Å². The van der Waals surface area contributed by atoms with E-state index in [1.54, 1.807) is 24.3 Å². The molecule has 0 atom stereocenters. The van der Waals surface area contributed by atoms with E-state index in [-0.39, 0.29) is 21.9 Å². The second kappa shape index (κ2) is 9.67. The highest BCUT2D eigenvalue weighted by atomic mass is 32.2. The summed E-state index contributed by atoms with van der Waals surface area (Å²) in [5.41, 5.74) is 3.54. The third-order valence-electron chi connectivity index (χ3n) is 6.18. The third-order valence-corrected chi connectivity index (χ3v) is 7.56. The Hall–Kier alpha value is -3.32. The monoisotopic (exact) mass is 465 g/mol. The van der Waals surface area contributed by atoms with E-state index in [0.29, 0.717) is 5.92 Å². The molecule has 3 aromatic carbocycles. The van der Waals surface area contributed by atoms with Gasteiger partial charge in [-0.1, -0.05) is 55.7 Å². The minimum absolute atomic E-state index is 0.00801. The Morgan fingerprint density at radius 1 is 0.909 bits per heavy atom. The van der Waals surface area contributed by atoms with Crippen molar-refractivity contribution in [2.45, 2.75) is 42.9 Å². The Bertz CT molecular complexity index is 1230. The van der Waals surface area contributed by atoms with Crippen LogP contribution < -0.4 is 9.46 Å². The number of aromatic carboxylic acids is 1. The van der Waals surface area contributed by atoms with E-state index < -0.39 is 16.0 Å². The van der Waals surface area contributed by atoms with Gasteiger partial charge in [-0.2, -0.15) is 0 Å². The van der Waals surface area contributed by atoms with Gasteiger partial charge in [-0.05, 0) is 65.8 Å². The molecular weight excluding hydrogens is 438 g/mol. The number of carbonyl (C=O) groups is 1. The molecule has 1 saturated carbocycles. The molecule has 7 heteroatoms. The molecule has 0 unspecified atom stereocenters. The summed E-state index contributed by atoms with van der Waals surface area (Å²) in [7, 11) is -2.52. The predicted molar refractivity (Wildman–Crippen MR) is 128 cm³/mol. The van der Waals surface area contributed by atoms with Gasteiger partial charge in [0.2, 0.25) is 0 Å². The summed E-state index contributed by atoms with van der Waals surface area (Å²) in [5.74, 6) is -0.342. The third kappa shape index (κ3) is 5.20. The van der Waals surface area contributed by atoms with Crippen molar-refractivity contribution in [1.29, 1.82) is 0 Å². The van der Waals surface area contributed by atoms with Gasteiger partial charge in [-0.15, -0.1) is 0 Å². The molecule has 4 rings (SSSR count). The summed E-state index contributed by atoms with van der Waals surface area (Å²) in [5, 5.41) is 9.11. The highest BCUT2D eigenvalue weighted by molar-refractivity contribution is 7.92. The van der Waals surface area contributed by atoms with Crippen LogP contribution in [-0.4, -0.2) is 26.6 Å². The number of methoxy groups -OCH3 is 1. The van der Waals surface area contributed by atoms with Crippen molar-refractivity contribution >= 4 is 21.7 Å². The highest BCUT2D eigenvalue weighted by Gasteiger charge is 2.19. The van der Waals surface area contributed by atoms with Crippen LogP contribution in [0, 0.1) is 0 Å². The van der Waals surface area contributed by atoms with Crippen LogP contribution >= 0.6 is 0 Å². The van der Waals surface area contributed by atoms with Crippen LogP contribution in [0.5, 0.6) is 5.75 Å². The van der Waals surface area contributed by atoms with Crippen molar-refractivity contribution in [3.8, 4) is 16.9 Å². The van der Waals surface area contributed by atoms with Crippen molar-refractivity contribution in [1.82, 2.24) is 0 Å². The lowest BCUT2D eigenvalue weighted by Gasteiger charge is -2.22. The Balaban J connectivity index is 1.51. The Morgan fingerprint density at radius 2 is 1.52 bits per heavy atom. The minimum Gasteiger partial charge on any atom is -0.495 e. The summed E-state index contributed by atoms with van der Waals surface area (Å²) < 4.78 is 33.4. The van der Waals surface area contributed by atoms with Crippen LogP contribution in [0.4, 0.5) is 5.69 Å². The first-order valence-electron chi connectivity index (χ1n) is 11.0. The van der Waals surface area contributed by atoms with Crippen LogP contribution in [0.25, 0.3) is 11.1 Å².